The van der Waals surface area contributed by atoms with Gasteiger partial charge in [-0.2, -0.15) is 0 Å². The number of nitrogens with zero attached hydrogens (tertiary/aromatic N) is 1. The van der Waals surface area contributed by atoms with Crippen LogP contribution in [0.5, 0.6) is 0 Å². The van der Waals surface area contributed by atoms with Gasteiger partial charge in [-0.3, -0.25) is 0 Å². The predicted octanol–water partition coefficient (Wildman–Crippen LogP) is 2.81. The second-order valence-corrected chi connectivity index (χ2v) is 7.77. The van der Waals surface area contributed by atoms with Gasteiger partial charge in [0.2, 0.25) is 0 Å². The zero-order valence-electron chi connectivity index (χ0n) is 16.3. The minimum absolute atomic E-state index is 0.0583. The molecule has 0 aliphatic carbocycles. The summed E-state index contributed by atoms with van der Waals surface area (Å²) in [4.78, 5) is 14.2. The first kappa shape index (κ1) is 21.2. The molecular weight excluding hydrogens is 308 g/mol. The van der Waals surface area contributed by atoms with Crippen LogP contribution in [0, 0.1) is 0 Å². The van der Waals surface area contributed by atoms with E-state index in [4.69, 9.17) is 14.2 Å². The fourth-order valence-electron chi connectivity index (χ4n) is 2.64. The van der Waals surface area contributed by atoms with Crippen LogP contribution in [0.25, 0.3) is 0 Å². The SMILES string of the molecule is CC(CC1COCCN1C(=O)OC(C)(C)C)NCCCOC(C)C. The lowest BCUT2D eigenvalue weighted by Gasteiger charge is -2.37. The minimum atomic E-state index is -0.472. The van der Waals surface area contributed by atoms with E-state index in [0.717, 1.165) is 26.0 Å². The third kappa shape index (κ3) is 8.85. The van der Waals surface area contributed by atoms with Crippen molar-refractivity contribution in [3.8, 4) is 0 Å². The molecule has 0 radical (unpaired) electrons. The minimum Gasteiger partial charge on any atom is -0.444 e. The van der Waals surface area contributed by atoms with Crippen molar-refractivity contribution in [2.45, 2.75) is 78.2 Å². The van der Waals surface area contributed by atoms with E-state index >= 15 is 0 Å². The highest BCUT2D eigenvalue weighted by molar-refractivity contribution is 5.68. The fraction of sp³-hybridized carbons (Fsp3) is 0.944. The average molecular weight is 344 g/mol. The van der Waals surface area contributed by atoms with E-state index in [-0.39, 0.29) is 18.2 Å². The topological polar surface area (TPSA) is 60.0 Å². The highest BCUT2D eigenvalue weighted by Crippen LogP contribution is 2.17. The van der Waals surface area contributed by atoms with Gasteiger partial charge in [0.15, 0.2) is 0 Å². The number of hydrogen-bond acceptors (Lipinski definition) is 5. The molecule has 0 saturated carbocycles. The fourth-order valence-corrected chi connectivity index (χ4v) is 2.64. The summed E-state index contributed by atoms with van der Waals surface area (Å²) in [5.74, 6) is 0. The third-order valence-corrected chi connectivity index (χ3v) is 3.75. The smallest absolute Gasteiger partial charge is 0.410 e. The summed E-state index contributed by atoms with van der Waals surface area (Å²) in [5, 5.41) is 3.50. The molecule has 1 fully saturated rings. The van der Waals surface area contributed by atoms with E-state index in [0.29, 0.717) is 25.8 Å². The van der Waals surface area contributed by atoms with Crippen molar-refractivity contribution < 1.29 is 19.0 Å². The molecule has 0 aromatic carbocycles. The number of ether oxygens (including phenoxy) is 3. The Labute approximate surface area is 147 Å². The number of hydrogen-bond donors (Lipinski definition) is 1. The second kappa shape index (κ2) is 10.2. The Kier molecular flexibility index (Phi) is 9.02. The van der Waals surface area contributed by atoms with Gasteiger partial charge in [-0.15, -0.1) is 0 Å². The molecule has 0 aromatic heterocycles. The van der Waals surface area contributed by atoms with Crippen LogP contribution in [-0.2, 0) is 14.2 Å². The summed E-state index contributed by atoms with van der Waals surface area (Å²) in [5.41, 5.74) is -0.472. The molecule has 1 heterocycles. The average Bonchev–Trinajstić information content (AvgIpc) is 2.45. The van der Waals surface area contributed by atoms with E-state index in [1.165, 1.54) is 0 Å². The molecule has 6 heteroatoms. The van der Waals surface area contributed by atoms with Crippen molar-refractivity contribution in [3.63, 3.8) is 0 Å². The number of nitrogens with one attached hydrogen (secondary N) is 1. The maximum absolute atomic E-state index is 12.4. The quantitative estimate of drug-likeness (QED) is 0.686. The molecule has 1 N–H and O–H groups in total. The standard InChI is InChI=1S/C18H36N2O4/c1-14(2)23-10-7-8-19-15(3)12-16-13-22-11-9-20(16)17(21)24-18(4,5)6/h14-16,19H,7-13H2,1-6H3. The molecule has 142 valence electrons. The first-order valence-corrected chi connectivity index (χ1v) is 9.11. The van der Waals surface area contributed by atoms with Gasteiger partial charge in [0.1, 0.15) is 5.60 Å². The summed E-state index contributed by atoms with van der Waals surface area (Å²) >= 11 is 0. The van der Waals surface area contributed by atoms with Crippen LogP contribution >= 0.6 is 0 Å². The highest BCUT2D eigenvalue weighted by atomic mass is 16.6. The molecule has 0 aromatic rings. The molecule has 1 amide bonds. The maximum atomic E-state index is 12.4. The van der Waals surface area contributed by atoms with Gasteiger partial charge in [0.25, 0.3) is 0 Å². The second-order valence-electron chi connectivity index (χ2n) is 7.77. The van der Waals surface area contributed by atoms with Crippen molar-refractivity contribution in [1.29, 1.82) is 0 Å². The van der Waals surface area contributed by atoms with Gasteiger partial charge in [0, 0.05) is 19.2 Å². The molecular formula is C18H36N2O4. The summed E-state index contributed by atoms with van der Waals surface area (Å²) < 4.78 is 16.6. The molecule has 1 saturated heterocycles. The van der Waals surface area contributed by atoms with Crippen molar-refractivity contribution in [2.75, 3.05) is 32.9 Å². The molecule has 0 spiro atoms. The summed E-state index contributed by atoms with van der Waals surface area (Å²) in [6.07, 6.45) is 1.88. The van der Waals surface area contributed by atoms with Crippen LogP contribution in [0.2, 0.25) is 0 Å². The van der Waals surface area contributed by atoms with E-state index in [9.17, 15) is 4.79 Å². The Morgan fingerprint density at radius 3 is 2.67 bits per heavy atom. The van der Waals surface area contributed by atoms with E-state index < -0.39 is 5.60 Å². The number of carbonyl (C=O) groups is 1. The Hall–Kier alpha value is -0.850. The molecule has 2 unspecified atom stereocenters. The van der Waals surface area contributed by atoms with Crippen molar-refractivity contribution in [1.82, 2.24) is 10.2 Å². The van der Waals surface area contributed by atoms with Gasteiger partial charge in [-0.25, -0.2) is 4.79 Å². The lowest BCUT2D eigenvalue weighted by molar-refractivity contribution is -0.0355. The summed E-state index contributed by atoms with van der Waals surface area (Å²) in [7, 11) is 0. The van der Waals surface area contributed by atoms with Gasteiger partial charge in [-0.1, -0.05) is 0 Å². The van der Waals surface area contributed by atoms with Crippen molar-refractivity contribution in [2.24, 2.45) is 0 Å². The number of rotatable bonds is 8. The Balaban J connectivity index is 2.37. The van der Waals surface area contributed by atoms with Crippen molar-refractivity contribution >= 4 is 6.09 Å². The molecule has 24 heavy (non-hydrogen) atoms. The number of amides is 1. The zero-order chi connectivity index (χ0) is 18.2. The lowest BCUT2D eigenvalue weighted by Crippen LogP contribution is -2.52. The van der Waals surface area contributed by atoms with Crippen molar-refractivity contribution in [3.05, 3.63) is 0 Å². The molecule has 2 atom stereocenters. The third-order valence-electron chi connectivity index (χ3n) is 3.75. The maximum Gasteiger partial charge on any atom is 0.410 e. The van der Waals surface area contributed by atoms with Gasteiger partial charge < -0.3 is 24.4 Å². The van der Waals surface area contributed by atoms with Crippen LogP contribution in [-0.4, -0.2) is 67.7 Å². The van der Waals surface area contributed by atoms with Crippen LogP contribution in [0.4, 0.5) is 4.79 Å². The van der Waals surface area contributed by atoms with E-state index in [1.54, 1.807) is 0 Å². The normalized spacial score (nSPS) is 20.3. The molecule has 1 aliphatic rings. The van der Waals surface area contributed by atoms with Crippen LogP contribution in [0.3, 0.4) is 0 Å². The number of carbonyl (C=O) groups excluding carboxylic acids is 1. The number of morpholine rings is 1. The van der Waals surface area contributed by atoms with E-state index in [2.05, 4.69) is 12.2 Å². The monoisotopic (exact) mass is 344 g/mol. The van der Waals surface area contributed by atoms with Crippen LogP contribution < -0.4 is 5.32 Å². The first-order chi connectivity index (χ1) is 11.2. The van der Waals surface area contributed by atoms with E-state index in [1.807, 2.05) is 39.5 Å². The Bertz CT molecular complexity index is 369. The van der Waals surface area contributed by atoms with Gasteiger partial charge in [0.05, 0.1) is 25.4 Å². The Morgan fingerprint density at radius 1 is 1.33 bits per heavy atom. The van der Waals surface area contributed by atoms with Gasteiger partial charge >= 0.3 is 6.09 Å². The highest BCUT2D eigenvalue weighted by Gasteiger charge is 2.31. The first-order valence-electron chi connectivity index (χ1n) is 9.11. The summed E-state index contributed by atoms with van der Waals surface area (Å²) in [6.45, 7) is 15.3. The van der Waals surface area contributed by atoms with Gasteiger partial charge in [-0.05, 0) is 60.9 Å². The largest absolute Gasteiger partial charge is 0.444 e. The molecule has 1 rings (SSSR count). The van der Waals surface area contributed by atoms with Crippen LogP contribution in [0.1, 0.15) is 54.4 Å². The summed E-state index contributed by atoms with van der Waals surface area (Å²) in [6, 6.07) is 0.365. The predicted molar refractivity (Wildman–Crippen MR) is 95.3 cm³/mol. The molecule has 1 aliphatic heterocycles. The zero-order valence-corrected chi connectivity index (χ0v) is 16.3. The molecule has 6 nitrogen and oxygen atoms in total. The Morgan fingerprint density at radius 2 is 2.04 bits per heavy atom. The molecule has 0 bridgehead atoms. The van der Waals surface area contributed by atoms with Crippen LogP contribution in [0.15, 0.2) is 0 Å². The lowest BCUT2D eigenvalue weighted by atomic mass is 10.1.